The molecule has 0 bridgehead atoms. The first-order valence-electron chi connectivity index (χ1n) is 33.8. The normalized spacial score (nSPS) is 25.1. The van der Waals surface area contributed by atoms with Gasteiger partial charge in [-0.3, -0.25) is 28.5 Å². The summed E-state index contributed by atoms with van der Waals surface area (Å²) in [6, 6.07) is 14.7. The second-order valence-corrected chi connectivity index (χ2v) is 28.8. The van der Waals surface area contributed by atoms with Crippen molar-refractivity contribution in [1.82, 2.24) is 39.2 Å². The SMILES string of the molecule is CC(C)C[C@H]1C(=O)O[C@H](Cc2cccc(Cn3nc(C4CC4)cc3C3CC3)c2)C(=O)N(C)[C@@H](CC(C)C)C(=O)O[C@H](C)C(=O)N(C)[C@@H](CC(C)C)C(=O)O[C@H](Cc2cccc(Cn3nc(C4CC4)cc3C3CC3)c2)C(=O)N(C)[C@@H](CC(C)C)C(=O)O[C@H](C)C(=O)N1C. The van der Waals surface area contributed by atoms with Crippen molar-refractivity contribution in [3.8, 4) is 0 Å². The summed E-state index contributed by atoms with van der Waals surface area (Å²) < 4.78 is 28.9. The molecule has 5 aliphatic rings. The van der Waals surface area contributed by atoms with Gasteiger partial charge < -0.3 is 38.5 Å². The van der Waals surface area contributed by atoms with Crippen LogP contribution in [0, 0.1) is 23.7 Å². The van der Waals surface area contributed by atoms with E-state index in [1.165, 1.54) is 73.0 Å². The highest BCUT2D eigenvalue weighted by Crippen LogP contribution is 2.46. The number of nitrogens with zero attached hydrogens (tertiary/aromatic N) is 8. The Labute approximate surface area is 543 Å². The van der Waals surface area contributed by atoms with Crippen molar-refractivity contribution in [2.24, 2.45) is 23.7 Å². The fourth-order valence-electron chi connectivity index (χ4n) is 12.7. The summed E-state index contributed by atoms with van der Waals surface area (Å²) in [6.07, 6.45) is 3.04. The summed E-state index contributed by atoms with van der Waals surface area (Å²) in [5, 5.41) is 10.1. The molecule has 4 aliphatic carbocycles. The van der Waals surface area contributed by atoms with Crippen LogP contribution >= 0.6 is 0 Å². The Hall–Kier alpha value is -7.38. The lowest BCUT2D eigenvalue weighted by atomic mass is 9.99. The van der Waals surface area contributed by atoms with Gasteiger partial charge in [0.1, 0.15) is 24.2 Å². The minimum absolute atomic E-state index is 0.0903. The fourth-order valence-corrected chi connectivity index (χ4v) is 12.7. The third-order valence-corrected chi connectivity index (χ3v) is 18.6. The number of rotatable bonds is 20. The number of aromatic nitrogens is 4. The van der Waals surface area contributed by atoms with E-state index in [-0.39, 0.29) is 62.2 Å². The van der Waals surface area contributed by atoms with Crippen molar-refractivity contribution < 1.29 is 57.3 Å². The zero-order valence-electron chi connectivity index (χ0n) is 56.8. The molecule has 4 aromatic rings. The van der Waals surface area contributed by atoms with E-state index in [9.17, 15) is 19.2 Å². The Kier molecular flexibility index (Phi) is 22.3. The number of hydrogen-bond acceptors (Lipinski definition) is 14. The smallest absolute Gasteiger partial charge is 0.329 e. The molecule has 1 aliphatic heterocycles. The highest BCUT2D eigenvalue weighted by atomic mass is 16.6. The van der Waals surface area contributed by atoms with Gasteiger partial charge in [-0.15, -0.1) is 0 Å². The maximum Gasteiger partial charge on any atom is 0.329 e. The summed E-state index contributed by atoms with van der Waals surface area (Å²) >= 11 is 0. The molecule has 500 valence electrons. The molecule has 0 spiro atoms. The van der Waals surface area contributed by atoms with Crippen LogP contribution in [0.1, 0.15) is 215 Å². The monoisotopic (exact) mass is 1270 g/mol. The first kappa shape index (κ1) is 69.0. The quantitative estimate of drug-likeness (QED) is 0.0594. The molecule has 3 heterocycles. The van der Waals surface area contributed by atoms with Crippen LogP contribution < -0.4 is 0 Å². The maximum atomic E-state index is 15.3. The number of esters is 4. The van der Waals surface area contributed by atoms with Crippen molar-refractivity contribution in [2.75, 3.05) is 28.2 Å². The Balaban J connectivity index is 1.05. The van der Waals surface area contributed by atoms with Gasteiger partial charge in [-0.2, -0.15) is 10.2 Å². The van der Waals surface area contributed by atoms with Crippen LogP contribution in [0.5, 0.6) is 0 Å². The number of carbonyl (C=O) groups is 8. The highest BCUT2D eigenvalue weighted by Gasteiger charge is 2.44. The maximum absolute atomic E-state index is 15.3. The molecule has 8 atom stereocenters. The average molecular weight is 1270 g/mol. The third-order valence-electron chi connectivity index (χ3n) is 18.6. The first-order chi connectivity index (χ1) is 43.6. The van der Waals surface area contributed by atoms with Crippen molar-refractivity contribution in [3.05, 3.63) is 106 Å². The van der Waals surface area contributed by atoms with Crippen LogP contribution in [0.4, 0.5) is 0 Å². The number of cyclic esters (lactones) is 4. The second-order valence-electron chi connectivity index (χ2n) is 28.8. The van der Waals surface area contributed by atoms with Gasteiger partial charge in [0.15, 0.2) is 24.4 Å². The zero-order chi connectivity index (χ0) is 66.6. The largest absolute Gasteiger partial charge is 0.451 e. The molecule has 92 heavy (non-hydrogen) atoms. The molecule has 4 saturated carbocycles. The van der Waals surface area contributed by atoms with Crippen LogP contribution in [-0.4, -0.2) is 163 Å². The second kappa shape index (κ2) is 29.7. The lowest BCUT2D eigenvalue weighted by Gasteiger charge is -2.35. The number of amides is 4. The summed E-state index contributed by atoms with van der Waals surface area (Å²) in [5.41, 5.74) is 7.81. The van der Waals surface area contributed by atoms with Gasteiger partial charge in [0.05, 0.1) is 24.5 Å². The summed E-state index contributed by atoms with van der Waals surface area (Å²) in [4.78, 5) is 124. The van der Waals surface area contributed by atoms with E-state index in [0.717, 1.165) is 73.9 Å². The standard InChI is InChI=1S/C72H100N8O12/c1-41(2)29-59-69(85)89-45(9)65(81)75(11)62(32-44(7)8)72(88)92-64(36-48-18-16-20-50(34-48)40-80-58(54-27-28-54)38-56(74-80)52-23-24-52)68(84)78(14)60(30-42(3)4)70(86)90-46(10)66(82)76(12)61(31-43(5)6)71(87)91-63(67(83)77(59)13)35-47-17-15-19-49(33-47)39-79-57(53-25-26-53)37-55(73-79)51-21-22-51/h15-20,33-34,37-38,41-46,51-54,59-64H,21-32,35-36,39-40H2,1-14H3/t45-,46-,59+,60+,61+,62+,63-,64-/m1/s1. The van der Waals surface area contributed by atoms with Crippen LogP contribution in [-0.2, 0) is 83.2 Å². The van der Waals surface area contributed by atoms with E-state index in [2.05, 4.69) is 21.5 Å². The van der Waals surface area contributed by atoms with Crippen molar-refractivity contribution >= 4 is 47.5 Å². The molecular formula is C72H100N8O12. The molecule has 5 fully saturated rings. The molecule has 0 N–H and O–H groups in total. The van der Waals surface area contributed by atoms with E-state index in [4.69, 9.17) is 29.1 Å². The van der Waals surface area contributed by atoms with Crippen LogP contribution in [0.3, 0.4) is 0 Å². The first-order valence-corrected chi connectivity index (χ1v) is 33.8. The Bertz CT molecular complexity index is 3080. The molecule has 9 rings (SSSR count). The predicted molar refractivity (Wildman–Crippen MR) is 346 cm³/mol. The van der Waals surface area contributed by atoms with E-state index in [1.807, 2.05) is 104 Å². The van der Waals surface area contributed by atoms with E-state index in [0.29, 0.717) is 47.9 Å². The number of hydrogen-bond donors (Lipinski definition) is 0. The van der Waals surface area contributed by atoms with Gasteiger partial charge in [-0.1, -0.05) is 104 Å². The molecule has 2 aromatic heterocycles. The van der Waals surface area contributed by atoms with Crippen molar-refractivity contribution in [1.29, 1.82) is 0 Å². The summed E-state index contributed by atoms with van der Waals surface area (Å²) in [6.45, 7) is 18.8. The lowest BCUT2D eigenvalue weighted by Crippen LogP contribution is -2.55. The predicted octanol–water partition coefficient (Wildman–Crippen LogP) is 9.66. The van der Waals surface area contributed by atoms with Crippen molar-refractivity contribution in [2.45, 2.75) is 244 Å². The zero-order valence-corrected chi connectivity index (χ0v) is 56.8. The van der Waals surface area contributed by atoms with Gasteiger partial charge in [0.2, 0.25) is 0 Å². The Morgan fingerprint density at radius 1 is 0.391 bits per heavy atom. The third kappa shape index (κ3) is 17.6. The van der Waals surface area contributed by atoms with E-state index >= 15 is 19.2 Å². The number of carbonyl (C=O) groups excluding carboxylic acids is 8. The van der Waals surface area contributed by atoms with Gasteiger partial charge in [-0.25, -0.2) is 19.2 Å². The lowest BCUT2D eigenvalue weighted by molar-refractivity contribution is -0.176. The fraction of sp³-hybridized carbons (Fsp3) is 0.639. The van der Waals surface area contributed by atoms with Crippen molar-refractivity contribution in [3.63, 3.8) is 0 Å². The molecule has 1 saturated heterocycles. The molecule has 20 nitrogen and oxygen atoms in total. The molecule has 20 heteroatoms. The Morgan fingerprint density at radius 2 is 0.674 bits per heavy atom. The van der Waals surface area contributed by atoms with Gasteiger partial charge >= 0.3 is 23.9 Å². The number of benzene rings is 2. The molecule has 2 aromatic carbocycles. The van der Waals surface area contributed by atoms with E-state index in [1.54, 1.807) is 0 Å². The molecule has 0 unspecified atom stereocenters. The summed E-state index contributed by atoms with van der Waals surface area (Å²) in [7, 11) is 5.70. The molecule has 4 amide bonds. The topological polar surface area (TPSA) is 222 Å². The Morgan fingerprint density at radius 3 is 0.967 bits per heavy atom. The highest BCUT2D eigenvalue weighted by molar-refractivity contribution is 5.94. The number of likely N-dealkylation sites (N-methyl/N-ethyl adjacent to an activating group) is 4. The van der Waals surface area contributed by atoms with Crippen LogP contribution in [0.2, 0.25) is 0 Å². The minimum Gasteiger partial charge on any atom is -0.451 e. The molecule has 0 radical (unpaired) electrons. The van der Waals surface area contributed by atoms with Crippen LogP contribution in [0.15, 0.2) is 60.7 Å². The summed E-state index contributed by atoms with van der Waals surface area (Å²) in [5.74, 6) is -5.39. The van der Waals surface area contributed by atoms with Gasteiger partial charge in [-0.05, 0) is 149 Å². The van der Waals surface area contributed by atoms with Crippen LogP contribution in [0.25, 0.3) is 0 Å². The van der Waals surface area contributed by atoms with E-state index < -0.39 is 96.1 Å². The molecular weight excluding hydrogens is 1170 g/mol. The minimum atomic E-state index is -1.54. The van der Waals surface area contributed by atoms with Gasteiger partial charge in [0.25, 0.3) is 23.6 Å². The van der Waals surface area contributed by atoms with Gasteiger partial charge in [0, 0.05) is 76.1 Å². The average Bonchev–Trinajstić information content (AvgIpc) is 1.66. The number of ether oxygens (including phenoxy) is 4.